The van der Waals surface area contributed by atoms with Crippen LogP contribution in [-0.2, 0) is 17.8 Å². The van der Waals surface area contributed by atoms with Gasteiger partial charge in [-0.05, 0) is 44.4 Å². The molecule has 1 N–H and O–H groups in total. The van der Waals surface area contributed by atoms with E-state index in [1.807, 2.05) is 37.3 Å². The van der Waals surface area contributed by atoms with E-state index in [9.17, 15) is 4.79 Å². The molecule has 27 heavy (non-hydrogen) atoms. The SMILES string of the molecule is Cc1cc(CNC(=O)Cc2noc3ccccc23)nc(N2CCCCC2)n1. The van der Waals surface area contributed by atoms with Crippen LogP contribution in [-0.4, -0.2) is 34.1 Å². The van der Waals surface area contributed by atoms with Crippen LogP contribution in [0.5, 0.6) is 0 Å². The first-order chi connectivity index (χ1) is 13.2. The molecule has 0 aliphatic carbocycles. The summed E-state index contributed by atoms with van der Waals surface area (Å²) in [5.41, 5.74) is 3.08. The Kier molecular flexibility index (Phi) is 5.00. The molecule has 1 saturated heterocycles. The molecule has 7 heteroatoms. The minimum Gasteiger partial charge on any atom is -0.356 e. The van der Waals surface area contributed by atoms with E-state index in [1.165, 1.54) is 19.3 Å². The highest BCUT2D eigenvalue weighted by Gasteiger charge is 2.16. The van der Waals surface area contributed by atoms with E-state index in [-0.39, 0.29) is 12.3 Å². The molecule has 0 atom stereocenters. The summed E-state index contributed by atoms with van der Waals surface area (Å²) in [5.74, 6) is 0.659. The topological polar surface area (TPSA) is 84.2 Å². The lowest BCUT2D eigenvalue weighted by atomic mass is 10.1. The van der Waals surface area contributed by atoms with Crippen molar-refractivity contribution in [2.24, 2.45) is 0 Å². The molecule has 0 spiro atoms. The van der Waals surface area contributed by atoms with Gasteiger partial charge in [0.2, 0.25) is 11.9 Å². The van der Waals surface area contributed by atoms with Gasteiger partial charge < -0.3 is 14.7 Å². The fourth-order valence-electron chi connectivity index (χ4n) is 3.41. The molecular weight excluding hydrogens is 342 g/mol. The number of amides is 1. The second-order valence-electron chi connectivity index (χ2n) is 6.93. The molecule has 7 nitrogen and oxygen atoms in total. The first-order valence-electron chi connectivity index (χ1n) is 9.38. The second-order valence-corrected chi connectivity index (χ2v) is 6.93. The number of nitrogens with zero attached hydrogens (tertiary/aromatic N) is 4. The fraction of sp³-hybridized carbons (Fsp3) is 0.400. The van der Waals surface area contributed by atoms with Crippen LogP contribution >= 0.6 is 0 Å². The summed E-state index contributed by atoms with van der Waals surface area (Å²) in [6.07, 6.45) is 3.80. The number of nitrogens with one attached hydrogen (secondary N) is 1. The monoisotopic (exact) mass is 365 g/mol. The van der Waals surface area contributed by atoms with E-state index < -0.39 is 0 Å². The van der Waals surface area contributed by atoms with E-state index in [0.29, 0.717) is 17.8 Å². The van der Waals surface area contributed by atoms with Crippen LogP contribution in [0.15, 0.2) is 34.9 Å². The lowest BCUT2D eigenvalue weighted by molar-refractivity contribution is -0.120. The van der Waals surface area contributed by atoms with Gasteiger partial charge in [0.25, 0.3) is 0 Å². The summed E-state index contributed by atoms with van der Waals surface area (Å²) in [6.45, 7) is 4.32. The molecule has 0 saturated carbocycles. The molecule has 0 radical (unpaired) electrons. The Morgan fingerprint density at radius 2 is 2.00 bits per heavy atom. The molecular formula is C20H23N5O2. The molecule has 0 bridgehead atoms. The summed E-state index contributed by atoms with van der Waals surface area (Å²) >= 11 is 0. The molecule has 3 heterocycles. The number of carbonyl (C=O) groups is 1. The highest BCUT2D eigenvalue weighted by atomic mass is 16.5. The normalized spacial score (nSPS) is 14.5. The predicted molar refractivity (Wildman–Crippen MR) is 102 cm³/mol. The van der Waals surface area contributed by atoms with Crippen molar-refractivity contribution in [3.05, 3.63) is 47.4 Å². The molecule has 0 unspecified atom stereocenters. The minimum atomic E-state index is -0.107. The van der Waals surface area contributed by atoms with Crippen molar-refractivity contribution in [3.63, 3.8) is 0 Å². The Labute approximate surface area is 157 Å². The van der Waals surface area contributed by atoms with Crippen LogP contribution in [0, 0.1) is 6.92 Å². The van der Waals surface area contributed by atoms with Crippen molar-refractivity contribution in [3.8, 4) is 0 Å². The van der Waals surface area contributed by atoms with Gasteiger partial charge in [-0.3, -0.25) is 4.79 Å². The molecule has 140 valence electrons. The van der Waals surface area contributed by atoms with Gasteiger partial charge >= 0.3 is 0 Å². The van der Waals surface area contributed by atoms with Gasteiger partial charge in [0.1, 0.15) is 5.69 Å². The molecule has 3 aromatic rings. The average molecular weight is 365 g/mol. The zero-order valence-corrected chi connectivity index (χ0v) is 15.4. The number of carbonyl (C=O) groups excluding carboxylic acids is 1. The van der Waals surface area contributed by atoms with Gasteiger partial charge in [0.15, 0.2) is 5.58 Å². The van der Waals surface area contributed by atoms with Crippen LogP contribution in [0.2, 0.25) is 0 Å². The zero-order chi connectivity index (χ0) is 18.6. The van der Waals surface area contributed by atoms with Crippen LogP contribution in [0.25, 0.3) is 11.0 Å². The maximum Gasteiger partial charge on any atom is 0.226 e. The van der Waals surface area contributed by atoms with E-state index >= 15 is 0 Å². The number of aryl methyl sites for hydroxylation is 1. The van der Waals surface area contributed by atoms with Gasteiger partial charge in [-0.2, -0.15) is 0 Å². The Balaban J connectivity index is 1.40. The Morgan fingerprint density at radius 3 is 2.85 bits per heavy atom. The lowest BCUT2D eigenvalue weighted by Gasteiger charge is -2.27. The van der Waals surface area contributed by atoms with Crippen LogP contribution in [0.4, 0.5) is 5.95 Å². The number of aromatic nitrogens is 3. The summed E-state index contributed by atoms with van der Waals surface area (Å²) < 4.78 is 5.26. The number of benzene rings is 1. The summed E-state index contributed by atoms with van der Waals surface area (Å²) in [5, 5.41) is 7.81. The third-order valence-electron chi connectivity index (χ3n) is 4.78. The first-order valence-corrected chi connectivity index (χ1v) is 9.38. The number of para-hydroxylation sites is 1. The Morgan fingerprint density at radius 1 is 1.19 bits per heavy atom. The van der Waals surface area contributed by atoms with Crippen molar-refractivity contribution < 1.29 is 9.32 Å². The smallest absolute Gasteiger partial charge is 0.226 e. The van der Waals surface area contributed by atoms with E-state index in [2.05, 4.69) is 25.3 Å². The molecule has 2 aromatic heterocycles. The minimum absolute atomic E-state index is 0.107. The van der Waals surface area contributed by atoms with Crippen molar-refractivity contribution >= 4 is 22.8 Å². The van der Waals surface area contributed by atoms with Crippen LogP contribution in [0.1, 0.15) is 36.3 Å². The number of hydrogen-bond donors (Lipinski definition) is 1. The van der Waals surface area contributed by atoms with Crippen molar-refractivity contribution in [1.29, 1.82) is 0 Å². The van der Waals surface area contributed by atoms with Gasteiger partial charge in [-0.25, -0.2) is 9.97 Å². The molecule has 1 aliphatic heterocycles. The van der Waals surface area contributed by atoms with E-state index in [0.717, 1.165) is 35.8 Å². The molecule has 1 aromatic carbocycles. The standard InChI is InChI=1S/C20H23N5O2/c1-14-11-15(23-20(22-14)25-9-5-2-6-10-25)13-21-19(26)12-17-16-7-3-4-8-18(16)27-24-17/h3-4,7-8,11H,2,5-6,9-10,12-13H2,1H3,(H,21,26). The van der Waals surface area contributed by atoms with Gasteiger partial charge in [-0.1, -0.05) is 17.3 Å². The summed E-state index contributed by atoms with van der Waals surface area (Å²) in [6, 6.07) is 9.46. The average Bonchev–Trinajstić information content (AvgIpc) is 3.10. The van der Waals surface area contributed by atoms with Crippen molar-refractivity contribution in [2.45, 2.75) is 39.2 Å². The zero-order valence-electron chi connectivity index (χ0n) is 15.4. The predicted octanol–water partition coefficient (Wildman–Crippen LogP) is 2.78. The number of rotatable bonds is 5. The third-order valence-corrected chi connectivity index (χ3v) is 4.78. The van der Waals surface area contributed by atoms with Crippen LogP contribution < -0.4 is 10.2 Å². The third kappa shape index (κ3) is 4.07. The number of fused-ring (bicyclic) bond motifs is 1. The molecule has 1 aliphatic rings. The fourth-order valence-corrected chi connectivity index (χ4v) is 3.41. The van der Waals surface area contributed by atoms with Gasteiger partial charge in [-0.15, -0.1) is 0 Å². The van der Waals surface area contributed by atoms with E-state index in [4.69, 9.17) is 4.52 Å². The second kappa shape index (κ2) is 7.73. The number of piperidine rings is 1. The number of anilines is 1. The molecule has 1 amide bonds. The molecule has 4 rings (SSSR count). The summed E-state index contributed by atoms with van der Waals surface area (Å²) in [4.78, 5) is 23.8. The lowest BCUT2D eigenvalue weighted by Crippen LogP contribution is -2.32. The highest BCUT2D eigenvalue weighted by molar-refractivity contribution is 5.86. The Hall–Kier alpha value is -2.96. The van der Waals surface area contributed by atoms with Crippen molar-refractivity contribution in [2.75, 3.05) is 18.0 Å². The van der Waals surface area contributed by atoms with Gasteiger partial charge in [0.05, 0.1) is 18.7 Å². The maximum atomic E-state index is 12.4. The maximum absolute atomic E-state index is 12.4. The van der Waals surface area contributed by atoms with Gasteiger partial charge in [0, 0.05) is 24.2 Å². The largest absolute Gasteiger partial charge is 0.356 e. The van der Waals surface area contributed by atoms with Crippen LogP contribution in [0.3, 0.4) is 0 Å². The summed E-state index contributed by atoms with van der Waals surface area (Å²) in [7, 11) is 0. The van der Waals surface area contributed by atoms with Crippen molar-refractivity contribution in [1.82, 2.24) is 20.4 Å². The Bertz CT molecular complexity index is 946. The molecule has 1 fully saturated rings. The first kappa shape index (κ1) is 17.5. The number of hydrogen-bond acceptors (Lipinski definition) is 6. The quantitative estimate of drug-likeness (QED) is 0.748. The highest BCUT2D eigenvalue weighted by Crippen LogP contribution is 2.18. The van der Waals surface area contributed by atoms with E-state index in [1.54, 1.807) is 0 Å².